The molecule has 0 radical (unpaired) electrons. The largest absolute Gasteiger partial charge is 0.344 e. The van der Waals surface area contributed by atoms with Gasteiger partial charge >= 0.3 is 0 Å². The molecule has 3 aliphatic carbocycles. The summed E-state index contributed by atoms with van der Waals surface area (Å²) in [4.78, 5) is 0. The highest BCUT2D eigenvalue weighted by Crippen LogP contribution is 2.54. The average molecular weight is 151 g/mol. The first-order valence-corrected chi connectivity index (χ1v) is 4.66. The van der Waals surface area contributed by atoms with E-state index >= 15 is 0 Å². The first kappa shape index (κ1) is 7.35. The minimum Gasteiger partial charge on any atom is -0.344 e. The van der Waals surface area contributed by atoms with Crippen LogP contribution < -0.4 is 6.15 Å². The van der Waals surface area contributed by atoms with Gasteiger partial charge < -0.3 is 6.15 Å². The summed E-state index contributed by atoms with van der Waals surface area (Å²) in [7, 11) is 0. The molecule has 0 aromatic carbocycles. The lowest BCUT2D eigenvalue weighted by Crippen LogP contribution is -2.06. The summed E-state index contributed by atoms with van der Waals surface area (Å²) < 4.78 is 0. The molecule has 0 saturated heterocycles. The molecule has 2 atom stereocenters. The Morgan fingerprint density at radius 3 is 2.82 bits per heavy atom. The molecule has 0 heterocycles. The van der Waals surface area contributed by atoms with Crippen LogP contribution in [0, 0.1) is 11.8 Å². The summed E-state index contributed by atoms with van der Waals surface area (Å²) in [5.41, 5.74) is 3.80. The van der Waals surface area contributed by atoms with E-state index in [1.807, 2.05) is 11.1 Å². The molecular formula is C10H17N. The van der Waals surface area contributed by atoms with Crippen molar-refractivity contribution in [3.05, 3.63) is 11.1 Å². The molecule has 0 aromatic heterocycles. The van der Waals surface area contributed by atoms with Crippen LogP contribution in [0.15, 0.2) is 11.1 Å². The normalized spacial score (nSPS) is 39.3. The topological polar surface area (TPSA) is 35.0 Å². The number of hydrogen-bond donors (Lipinski definition) is 1. The zero-order chi connectivity index (χ0) is 6.55. The third-order valence-electron chi connectivity index (χ3n) is 3.76. The predicted octanol–water partition coefficient (Wildman–Crippen LogP) is 3.06. The molecule has 2 fully saturated rings. The lowest BCUT2D eigenvalue weighted by atomic mass is 9.89. The van der Waals surface area contributed by atoms with Crippen molar-refractivity contribution in [3.63, 3.8) is 0 Å². The summed E-state index contributed by atoms with van der Waals surface area (Å²) in [6.07, 6.45) is 9.00. The Balaban J connectivity index is 0.000000480. The van der Waals surface area contributed by atoms with Crippen LogP contribution in [0.2, 0.25) is 0 Å². The van der Waals surface area contributed by atoms with Crippen LogP contribution >= 0.6 is 0 Å². The fraction of sp³-hybridized carbons (Fsp3) is 0.800. The molecule has 3 N–H and O–H groups in total. The molecule has 2 bridgehead atoms. The van der Waals surface area contributed by atoms with Crippen LogP contribution in [0.25, 0.3) is 0 Å². The van der Waals surface area contributed by atoms with E-state index in [4.69, 9.17) is 0 Å². The second kappa shape index (κ2) is 2.34. The van der Waals surface area contributed by atoms with Gasteiger partial charge in [0.2, 0.25) is 0 Å². The van der Waals surface area contributed by atoms with Crippen LogP contribution in [0.1, 0.15) is 38.5 Å². The lowest BCUT2D eigenvalue weighted by Gasteiger charge is -2.16. The Hall–Kier alpha value is -0.300. The van der Waals surface area contributed by atoms with Crippen molar-refractivity contribution in [3.8, 4) is 0 Å². The zero-order valence-electron chi connectivity index (χ0n) is 7.10. The van der Waals surface area contributed by atoms with E-state index in [0.717, 1.165) is 11.8 Å². The zero-order valence-corrected chi connectivity index (χ0v) is 7.10. The monoisotopic (exact) mass is 151 g/mol. The standard InChI is InChI=1S/C10H14.H3N/c1-2-9-7-4-5-8(6-7)10(9)3-1;/h7,9H,1-6H2;1H3. The number of fused-ring (bicyclic) bond motifs is 4. The molecule has 3 aliphatic rings. The van der Waals surface area contributed by atoms with E-state index in [0.29, 0.717) is 0 Å². The Morgan fingerprint density at radius 2 is 2.00 bits per heavy atom. The summed E-state index contributed by atoms with van der Waals surface area (Å²) >= 11 is 0. The maximum atomic E-state index is 1.91. The lowest BCUT2D eigenvalue weighted by molar-refractivity contribution is 0.411. The van der Waals surface area contributed by atoms with Gasteiger partial charge in [0.25, 0.3) is 0 Å². The van der Waals surface area contributed by atoms with Gasteiger partial charge in [0.05, 0.1) is 0 Å². The predicted molar refractivity (Wildman–Crippen MR) is 46.7 cm³/mol. The van der Waals surface area contributed by atoms with Crippen molar-refractivity contribution < 1.29 is 0 Å². The first-order chi connectivity index (χ1) is 4.95. The molecule has 0 amide bonds. The number of rotatable bonds is 0. The van der Waals surface area contributed by atoms with E-state index < -0.39 is 0 Å². The molecule has 3 rings (SSSR count). The summed E-state index contributed by atoms with van der Waals surface area (Å²) in [5.74, 6) is 2.20. The summed E-state index contributed by atoms with van der Waals surface area (Å²) in [6.45, 7) is 0. The van der Waals surface area contributed by atoms with Gasteiger partial charge in [0, 0.05) is 0 Å². The van der Waals surface area contributed by atoms with Crippen LogP contribution in [-0.2, 0) is 0 Å². The van der Waals surface area contributed by atoms with Gasteiger partial charge in [0.1, 0.15) is 0 Å². The smallest absolute Gasteiger partial charge is 0.0169 e. The molecule has 1 nitrogen and oxygen atoms in total. The van der Waals surface area contributed by atoms with E-state index in [1.165, 1.54) is 38.5 Å². The van der Waals surface area contributed by atoms with Gasteiger partial charge in [-0.3, -0.25) is 0 Å². The molecular weight excluding hydrogens is 134 g/mol. The van der Waals surface area contributed by atoms with Crippen molar-refractivity contribution in [2.75, 3.05) is 0 Å². The van der Waals surface area contributed by atoms with E-state index in [2.05, 4.69) is 0 Å². The minimum atomic E-state index is 0. The van der Waals surface area contributed by atoms with Crippen molar-refractivity contribution >= 4 is 0 Å². The van der Waals surface area contributed by atoms with Crippen molar-refractivity contribution in [2.45, 2.75) is 38.5 Å². The van der Waals surface area contributed by atoms with Crippen LogP contribution in [-0.4, -0.2) is 0 Å². The van der Waals surface area contributed by atoms with Crippen LogP contribution in [0.5, 0.6) is 0 Å². The number of hydrogen-bond acceptors (Lipinski definition) is 1. The van der Waals surface area contributed by atoms with E-state index in [-0.39, 0.29) is 6.15 Å². The Bertz CT molecular complexity index is 205. The molecule has 0 aromatic rings. The van der Waals surface area contributed by atoms with Gasteiger partial charge in [0.15, 0.2) is 0 Å². The van der Waals surface area contributed by atoms with Crippen molar-refractivity contribution in [1.82, 2.24) is 6.15 Å². The fourth-order valence-electron chi connectivity index (χ4n) is 3.35. The van der Waals surface area contributed by atoms with Gasteiger partial charge in [-0.1, -0.05) is 11.1 Å². The maximum absolute atomic E-state index is 1.91. The van der Waals surface area contributed by atoms with Crippen molar-refractivity contribution in [1.29, 1.82) is 0 Å². The SMILES string of the molecule is C1CC2=C3CCC(C3)C2C1.N. The highest BCUT2D eigenvalue weighted by atomic mass is 14.5. The van der Waals surface area contributed by atoms with Gasteiger partial charge in [-0.25, -0.2) is 0 Å². The highest BCUT2D eigenvalue weighted by Gasteiger charge is 2.40. The van der Waals surface area contributed by atoms with Crippen LogP contribution in [0.3, 0.4) is 0 Å². The Morgan fingerprint density at radius 1 is 1.09 bits per heavy atom. The van der Waals surface area contributed by atoms with E-state index in [9.17, 15) is 0 Å². The summed E-state index contributed by atoms with van der Waals surface area (Å²) in [5, 5.41) is 0. The molecule has 0 spiro atoms. The maximum Gasteiger partial charge on any atom is -0.0169 e. The van der Waals surface area contributed by atoms with Gasteiger partial charge in [-0.15, -0.1) is 0 Å². The fourth-order valence-corrected chi connectivity index (χ4v) is 3.35. The van der Waals surface area contributed by atoms with Crippen LogP contribution in [0.4, 0.5) is 0 Å². The van der Waals surface area contributed by atoms with Crippen molar-refractivity contribution in [2.24, 2.45) is 11.8 Å². The Labute approximate surface area is 68.5 Å². The van der Waals surface area contributed by atoms with Gasteiger partial charge in [-0.05, 0) is 50.4 Å². The molecule has 62 valence electrons. The molecule has 1 heteroatoms. The molecule has 2 unspecified atom stereocenters. The minimum absolute atomic E-state index is 0. The quantitative estimate of drug-likeness (QED) is 0.530. The second-order valence-electron chi connectivity index (χ2n) is 4.13. The summed E-state index contributed by atoms with van der Waals surface area (Å²) in [6, 6.07) is 0. The molecule has 2 saturated carbocycles. The van der Waals surface area contributed by atoms with Gasteiger partial charge in [-0.2, -0.15) is 0 Å². The molecule has 0 aliphatic heterocycles. The average Bonchev–Trinajstić information content (AvgIpc) is 2.60. The third-order valence-corrected chi connectivity index (χ3v) is 3.76. The second-order valence-corrected chi connectivity index (χ2v) is 4.13. The highest BCUT2D eigenvalue weighted by molar-refractivity contribution is 5.31. The van der Waals surface area contributed by atoms with E-state index in [1.54, 1.807) is 0 Å². The number of allylic oxidation sites excluding steroid dienone is 2. The first-order valence-electron chi connectivity index (χ1n) is 4.66. The Kier molecular flexibility index (Phi) is 1.57. The molecule has 11 heavy (non-hydrogen) atoms. The third kappa shape index (κ3) is 0.807.